The lowest BCUT2D eigenvalue weighted by atomic mass is 10.0. The summed E-state index contributed by atoms with van der Waals surface area (Å²) >= 11 is 0. The molecule has 0 radical (unpaired) electrons. The van der Waals surface area contributed by atoms with Gasteiger partial charge in [-0.1, -0.05) is 36.4 Å². The lowest BCUT2D eigenvalue weighted by molar-refractivity contribution is 0.205. The van der Waals surface area contributed by atoms with Crippen LogP contribution in [0.15, 0.2) is 42.5 Å². The molecule has 0 atom stereocenters. The van der Waals surface area contributed by atoms with E-state index in [2.05, 4.69) is 69.4 Å². The average Bonchev–Trinajstić information content (AvgIpc) is 3.09. The van der Waals surface area contributed by atoms with E-state index in [0.717, 1.165) is 31.9 Å². The molecule has 0 unspecified atom stereocenters. The van der Waals surface area contributed by atoms with Crippen molar-refractivity contribution in [3.05, 3.63) is 65.0 Å². The van der Waals surface area contributed by atoms with Gasteiger partial charge in [-0.2, -0.15) is 5.10 Å². The summed E-state index contributed by atoms with van der Waals surface area (Å²) in [6.07, 6.45) is 0. The number of aromatic nitrogens is 2. The molecule has 4 rings (SSSR count). The van der Waals surface area contributed by atoms with Gasteiger partial charge in [0.2, 0.25) is 0 Å². The van der Waals surface area contributed by atoms with Crippen molar-refractivity contribution in [2.75, 3.05) is 20.6 Å². The highest BCUT2D eigenvalue weighted by Gasteiger charge is 2.19. The van der Waals surface area contributed by atoms with Crippen molar-refractivity contribution in [1.29, 1.82) is 0 Å². The number of carbonyl (C=O) groups is 1. The van der Waals surface area contributed by atoms with E-state index in [9.17, 15) is 4.79 Å². The molecule has 28 heavy (non-hydrogen) atoms. The third kappa shape index (κ3) is 3.73. The Hall–Kier alpha value is -2.86. The van der Waals surface area contributed by atoms with E-state index in [0.29, 0.717) is 6.54 Å². The van der Waals surface area contributed by atoms with Crippen LogP contribution >= 0.6 is 0 Å². The summed E-state index contributed by atoms with van der Waals surface area (Å²) in [5, 5.41) is 10.2. The van der Waals surface area contributed by atoms with Crippen molar-refractivity contribution in [2.45, 2.75) is 33.1 Å². The molecule has 3 aromatic rings. The molecule has 2 heterocycles. The predicted octanol–water partition coefficient (Wildman–Crippen LogP) is 3.13. The fourth-order valence-corrected chi connectivity index (χ4v) is 3.84. The molecule has 0 fully saturated rings. The number of fused-ring (bicyclic) bond motifs is 2. The van der Waals surface area contributed by atoms with Gasteiger partial charge in [-0.05, 0) is 34.9 Å². The number of hydrogen-bond acceptors (Lipinski definition) is 3. The predicted molar refractivity (Wildman–Crippen MR) is 111 cm³/mol. The topological polar surface area (TPSA) is 53.4 Å². The second-order valence-electron chi connectivity index (χ2n) is 7.70. The number of amides is 2. The summed E-state index contributed by atoms with van der Waals surface area (Å²) in [7, 11) is 3.47. The summed E-state index contributed by atoms with van der Waals surface area (Å²) in [6.45, 7) is 6.28. The molecule has 6 heteroatoms. The van der Waals surface area contributed by atoms with Gasteiger partial charge in [-0.3, -0.25) is 9.58 Å². The van der Waals surface area contributed by atoms with Gasteiger partial charge in [0.25, 0.3) is 0 Å². The third-order valence-corrected chi connectivity index (χ3v) is 5.38. The zero-order chi connectivity index (χ0) is 19.7. The van der Waals surface area contributed by atoms with Gasteiger partial charge in [0.05, 0.1) is 24.5 Å². The second-order valence-corrected chi connectivity index (χ2v) is 7.70. The summed E-state index contributed by atoms with van der Waals surface area (Å²) in [5.41, 5.74) is 4.80. The molecule has 0 saturated heterocycles. The lowest BCUT2D eigenvalue weighted by Crippen LogP contribution is -2.34. The number of carbonyl (C=O) groups excluding carboxylic acids is 1. The smallest absolute Gasteiger partial charge is 0.317 e. The first-order chi connectivity index (χ1) is 13.5. The van der Waals surface area contributed by atoms with Crippen LogP contribution in [0, 0.1) is 6.92 Å². The zero-order valence-electron chi connectivity index (χ0n) is 16.8. The van der Waals surface area contributed by atoms with E-state index >= 15 is 0 Å². The SMILES string of the molecule is Cc1cccc2c(CN3CCn4nc(CNC(=O)N(C)C)cc4C3)cccc12. The Balaban J connectivity index is 1.46. The van der Waals surface area contributed by atoms with Crippen molar-refractivity contribution < 1.29 is 4.79 Å². The van der Waals surface area contributed by atoms with E-state index in [1.807, 2.05) is 0 Å². The Kier molecular flexibility index (Phi) is 5.05. The van der Waals surface area contributed by atoms with Crippen LogP contribution in [-0.4, -0.2) is 46.3 Å². The molecular formula is C22H27N5O. The van der Waals surface area contributed by atoms with Crippen LogP contribution in [-0.2, 0) is 26.2 Å². The Labute approximate surface area is 165 Å². The molecule has 0 spiro atoms. The Bertz CT molecular complexity index is 1010. The minimum absolute atomic E-state index is 0.0983. The first kappa shape index (κ1) is 18.5. The average molecular weight is 377 g/mol. The van der Waals surface area contributed by atoms with Crippen molar-refractivity contribution in [3.63, 3.8) is 0 Å². The molecular weight excluding hydrogens is 350 g/mol. The highest BCUT2D eigenvalue weighted by Crippen LogP contribution is 2.24. The minimum atomic E-state index is -0.0983. The Morgan fingerprint density at radius 1 is 1.14 bits per heavy atom. The largest absolute Gasteiger partial charge is 0.332 e. The molecule has 1 N–H and O–H groups in total. The number of nitrogens with one attached hydrogen (secondary N) is 1. The van der Waals surface area contributed by atoms with Crippen LogP contribution in [0.3, 0.4) is 0 Å². The van der Waals surface area contributed by atoms with Crippen LogP contribution in [0.25, 0.3) is 10.8 Å². The van der Waals surface area contributed by atoms with Crippen LogP contribution in [0.4, 0.5) is 4.79 Å². The molecule has 1 aliphatic heterocycles. The normalized spacial score (nSPS) is 14.1. The number of nitrogens with zero attached hydrogens (tertiary/aromatic N) is 4. The molecule has 1 aromatic heterocycles. The molecule has 2 amide bonds. The third-order valence-electron chi connectivity index (χ3n) is 5.38. The van der Waals surface area contributed by atoms with Crippen LogP contribution in [0.1, 0.15) is 22.5 Å². The van der Waals surface area contributed by atoms with E-state index in [-0.39, 0.29) is 6.03 Å². The van der Waals surface area contributed by atoms with E-state index in [4.69, 9.17) is 0 Å². The Morgan fingerprint density at radius 2 is 1.93 bits per heavy atom. The monoisotopic (exact) mass is 377 g/mol. The van der Waals surface area contributed by atoms with Gasteiger partial charge in [-0.25, -0.2) is 4.79 Å². The van der Waals surface area contributed by atoms with Crippen molar-refractivity contribution in [1.82, 2.24) is 24.9 Å². The van der Waals surface area contributed by atoms with Gasteiger partial charge >= 0.3 is 6.03 Å². The second kappa shape index (κ2) is 7.64. The van der Waals surface area contributed by atoms with Gasteiger partial charge in [0.15, 0.2) is 0 Å². The molecule has 1 aliphatic rings. The van der Waals surface area contributed by atoms with E-state index < -0.39 is 0 Å². The number of aryl methyl sites for hydroxylation is 1. The van der Waals surface area contributed by atoms with E-state index in [1.165, 1.54) is 32.5 Å². The molecule has 0 saturated carbocycles. The van der Waals surface area contributed by atoms with Gasteiger partial charge in [0.1, 0.15) is 0 Å². The fraction of sp³-hybridized carbons (Fsp3) is 0.364. The molecule has 0 aliphatic carbocycles. The first-order valence-corrected chi connectivity index (χ1v) is 9.71. The molecule has 2 aromatic carbocycles. The highest BCUT2D eigenvalue weighted by molar-refractivity contribution is 5.88. The van der Waals surface area contributed by atoms with Gasteiger partial charge in [-0.15, -0.1) is 0 Å². The number of hydrogen-bond donors (Lipinski definition) is 1. The lowest BCUT2D eigenvalue weighted by Gasteiger charge is -2.28. The van der Waals surface area contributed by atoms with Crippen molar-refractivity contribution >= 4 is 16.8 Å². The maximum absolute atomic E-state index is 11.7. The molecule has 0 bridgehead atoms. The van der Waals surface area contributed by atoms with Gasteiger partial charge < -0.3 is 10.2 Å². The van der Waals surface area contributed by atoms with E-state index in [1.54, 1.807) is 14.1 Å². The van der Waals surface area contributed by atoms with Crippen LogP contribution in [0.5, 0.6) is 0 Å². The van der Waals surface area contributed by atoms with Crippen LogP contribution in [0.2, 0.25) is 0 Å². The summed E-state index contributed by atoms with van der Waals surface area (Å²) in [4.78, 5) is 15.7. The minimum Gasteiger partial charge on any atom is -0.332 e. The standard InChI is InChI=1S/C22H27N5O/c1-16-6-4-9-21-17(7-5-8-20(16)21)14-26-10-11-27-19(15-26)12-18(24-27)13-23-22(28)25(2)3/h4-9,12H,10-11,13-15H2,1-3H3,(H,23,28). The summed E-state index contributed by atoms with van der Waals surface area (Å²) < 4.78 is 2.07. The Morgan fingerprint density at radius 3 is 2.75 bits per heavy atom. The zero-order valence-corrected chi connectivity index (χ0v) is 16.8. The summed E-state index contributed by atoms with van der Waals surface area (Å²) in [5.74, 6) is 0. The molecule has 146 valence electrons. The molecule has 6 nitrogen and oxygen atoms in total. The van der Waals surface area contributed by atoms with Crippen LogP contribution < -0.4 is 5.32 Å². The summed E-state index contributed by atoms with van der Waals surface area (Å²) in [6, 6.07) is 15.1. The fourth-order valence-electron chi connectivity index (χ4n) is 3.84. The first-order valence-electron chi connectivity index (χ1n) is 9.71. The maximum atomic E-state index is 11.7. The van der Waals surface area contributed by atoms with Gasteiger partial charge in [0, 0.05) is 33.7 Å². The maximum Gasteiger partial charge on any atom is 0.317 e. The number of urea groups is 1. The van der Waals surface area contributed by atoms with Crippen molar-refractivity contribution in [2.24, 2.45) is 0 Å². The number of rotatable bonds is 4. The van der Waals surface area contributed by atoms with Crippen molar-refractivity contribution in [3.8, 4) is 0 Å². The highest BCUT2D eigenvalue weighted by atomic mass is 16.2. The number of benzene rings is 2. The quantitative estimate of drug-likeness (QED) is 0.760.